The van der Waals surface area contributed by atoms with Gasteiger partial charge in [-0.3, -0.25) is 4.79 Å². The van der Waals surface area contributed by atoms with E-state index in [0.29, 0.717) is 47.6 Å². The van der Waals surface area contributed by atoms with Gasteiger partial charge in [0.25, 0.3) is 0 Å². The number of benzene rings is 1. The highest BCUT2D eigenvalue weighted by Crippen LogP contribution is 2.34. The molecule has 0 unspecified atom stereocenters. The van der Waals surface area contributed by atoms with Gasteiger partial charge in [0.15, 0.2) is 5.82 Å². The number of aryl methyl sites for hydroxylation is 1. The van der Waals surface area contributed by atoms with Crippen molar-refractivity contribution in [3.8, 4) is 11.3 Å². The number of carbonyl (C=O) groups is 1. The third kappa shape index (κ3) is 4.32. The van der Waals surface area contributed by atoms with E-state index in [1.54, 1.807) is 29.3 Å². The Morgan fingerprint density at radius 3 is 2.66 bits per heavy atom. The van der Waals surface area contributed by atoms with Crippen molar-refractivity contribution in [3.05, 3.63) is 59.6 Å². The number of amides is 1. The highest BCUT2D eigenvalue weighted by molar-refractivity contribution is 5.95. The molecule has 180 valence electrons. The van der Waals surface area contributed by atoms with Crippen LogP contribution in [0.15, 0.2) is 36.7 Å². The van der Waals surface area contributed by atoms with E-state index in [0.717, 1.165) is 17.5 Å². The number of nitrogens with zero attached hydrogens (tertiary/aromatic N) is 4. The van der Waals surface area contributed by atoms with E-state index in [1.807, 2.05) is 20.8 Å². The second-order valence-corrected chi connectivity index (χ2v) is 8.84. The molecule has 1 fully saturated rings. The molecule has 4 aromatic rings. The minimum atomic E-state index is -0.659. The number of H-pyrrole nitrogens is 1. The zero-order valence-corrected chi connectivity index (χ0v) is 19.6. The zero-order valence-electron chi connectivity index (χ0n) is 19.6. The van der Waals surface area contributed by atoms with E-state index in [9.17, 15) is 13.6 Å². The molecule has 0 atom stereocenters. The number of aromatic amines is 1. The summed E-state index contributed by atoms with van der Waals surface area (Å²) in [4.78, 5) is 29.5. The Kier molecular flexibility index (Phi) is 5.89. The number of anilines is 3. The fourth-order valence-corrected chi connectivity index (χ4v) is 4.53. The number of hydrogen-bond donors (Lipinski definition) is 3. The summed E-state index contributed by atoms with van der Waals surface area (Å²) < 4.78 is 29.7. The summed E-state index contributed by atoms with van der Waals surface area (Å²) in [5.74, 6) is -0.439. The van der Waals surface area contributed by atoms with Gasteiger partial charge in [0, 0.05) is 29.7 Å². The SMILES string of the molecule is Cc1[nH]c2c(F)cc(-c3nc(Nc4ccc(N5CCNCC5=O)cn4)ncc3F)cc2c1C(C)C. The molecule has 3 N–H and O–H groups in total. The molecule has 5 rings (SSSR count). The van der Waals surface area contributed by atoms with Gasteiger partial charge in [-0.15, -0.1) is 0 Å². The smallest absolute Gasteiger partial charge is 0.241 e. The van der Waals surface area contributed by atoms with Crippen LogP contribution in [0.1, 0.15) is 31.0 Å². The number of piperazine rings is 1. The summed E-state index contributed by atoms with van der Waals surface area (Å²) in [6.45, 7) is 7.54. The van der Waals surface area contributed by atoms with Crippen LogP contribution in [0.25, 0.3) is 22.2 Å². The van der Waals surface area contributed by atoms with E-state index in [2.05, 4.69) is 30.6 Å². The first kappa shape index (κ1) is 22.9. The van der Waals surface area contributed by atoms with Gasteiger partial charge in [0.2, 0.25) is 11.9 Å². The summed E-state index contributed by atoms with van der Waals surface area (Å²) in [7, 11) is 0. The molecule has 10 heteroatoms. The molecule has 1 aromatic carbocycles. The summed E-state index contributed by atoms with van der Waals surface area (Å²) in [5.41, 5.74) is 3.26. The van der Waals surface area contributed by atoms with Gasteiger partial charge in [-0.25, -0.2) is 23.7 Å². The van der Waals surface area contributed by atoms with Crippen molar-refractivity contribution in [2.24, 2.45) is 0 Å². The Labute approximate surface area is 200 Å². The Bertz CT molecular complexity index is 1420. The van der Waals surface area contributed by atoms with Crippen LogP contribution in [0, 0.1) is 18.6 Å². The van der Waals surface area contributed by atoms with E-state index >= 15 is 0 Å². The summed E-state index contributed by atoms with van der Waals surface area (Å²) in [6.07, 6.45) is 2.63. The Hall–Kier alpha value is -3.92. The van der Waals surface area contributed by atoms with Gasteiger partial charge >= 0.3 is 0 Å². The van der Waals surface area contributed by atoms with Crippen LogP contribution in [0.4, 0.5) is 26.2 Å². The summed E-state index contributed by atoms with van der Waals surface area (Å²) >= 11 is 0. The first-order valence-corrected chi connectivity index (χ1v) is 11.4. The fraction of sp³-hybridized carbons (Fsp3) is 0.280. The van der Waals surface area contributed by atoms with Crippen molar-refractivity contribution in [2.75, 3.05) is 29.9 Å². The third-order valence-electron chi connectivity index (χ3n) is 6.08. The molecule has 1 aliphatic rings. The highest BCUT2D eigenvalue weighted by atomic mass is 19.1. The van der Waals surface area contributed by atoms with Crippen LogP contribution in [0.3, 0.4) is 0 Å². The molecule has 35 heavy (non-hydrogen) atoms. The van der Waals surface area contributed by atoms with Crippen LogP contribution >= 0.6 is 0 Å². The molecule has 1 aliphatic heterocycles. The number of fused-ring (bicyclic) bond motifs is 1. The summed E-state index contributed by atoms with van der Waals surface area (Å²) in [6, 6.07) is 6.49. The maximum atomic E-state index is 14.9. The van der Waals surface area contributed by atoms with Crippen LogP contribution in [0.5, 0.6) is 0 Å². The number of pyridine rings is 1. The van der Waals surface area contributed by atoms with Crippen molar-refractivity contribution in [2.45, 2.75) is 26.7 Å². The molecule has 3 aromatic heterocycles. The van der Waals surface area contributed by atoms with E-state index < -0.39 is 11.6 Å². The van der Waals surface area contributed by atoms with Gasteiger partial charge < -0.3 is 20.5 Å². The molecular weight excluding hydrogens is 452 g/mol. The van der Waals surface area contributed by atoms with Crippen molar-refractivity contribution < 1.29 is 13.6 Å². The molecule has 0 bridgehead atoms. The normalized spacial score (nSPS) is 14.2. The number of aromatic nitrogens is 4. The van der Waals surface area contributed by atoms with Gasteiger partial charge in [-0.1, -0.05) is 13.8 Å². The maximum absolute atomic E-state index is 14.9. The molecule has 8 nitrogen and oxygen atoms in total. The molecule has 0 saturated carbocycles. The lowest BCUT2D eigenvalue weighted by atomic mass is 9.98. The second-order valence-electron chi connectivity index (χ2n) is 8.84. The Morgan fingerprint density at radius 2 is 1.94 bits per heavy atom. The number of halogens is 2. The number of hydrogen-bond acceptors (Lipinski definition) is 6. The molecule has 0 aliphatic carbocycles. The predicted molar refractivity (Wildman–Crippen MR) is 131 cm³/mol. The van der Waals surface area contributed by atoms with Gasteiger partial charge in [0.05, 0.1) is 30.1 Å². The molecule has 4 heterocycles. The fourth-order valence-electron chi connectivity index (χ4n) is 4.53. The van der Waals surface area contributed by atoms with Gasteiger partial charge in [-0.05, 0) is 42.7 Å². The lowest BCUT2D eigenvalue weighted by molar-refractivity contribution is -0.118. The zero-order chi connectivity index (χ0) is 24.7. The van der Waals surface area contributed by atoms with Crippen molar-refractivity contribution in [3.63, 3.8) is 0 Å². The first-order chi connectivity index (χ1) is 16.8. The number of rotatable bonds is 5. The van der Waals surface area contributed by atoms with Crippen LogP contribution in [0.2, 0.25) is 0 Å². The second kappa shape index (κ2) is 9.03. The lowest BCUT2D eigenvalue weighted by Gasteiger charge is -2.27. The largest absolute Gasteiger partial charge is 0.356 e. The Balaban J connectivity index is 1.45. The van der Waals surface area contributed by atoms with Gasteiger partial charge in [-0.2, -0.15) is 0 Å². The average molecular weight is 478 g/mol. The molecule has 0 spiro atoms. The van der Waals surface area contributed by atoms with Crippen LogP contribution in [-0.4, -0.2) is 45.5 Å². The maximum Gasteiger partial charge on any atom is 0.241 e. The van der Waals surface area contributed by atoms with E-state index in [-0.39, 0.29) is 23.5 Å². The van der Waals surface area contributed by atoms with Crippen molar-refractivity contribution in [1.82, 2.24) is 25.3 Å². The molecule has 1 amide bonds. The third-order valence-corrected chi connectivity index (χ3v) is 6.08. The standard InChI is InChI=1S/C25H25F2N7O/c1-13(2)22-14(3)31-24-17(22)8-15(9-18(24)26)23-19(27)11-30-25(33-23)32-20-5-4-16(10-29-20)34-7-6-28-12-21(34)35/h4-5,8-11,13,28,31H,6-7,12H2,1-3H3,(H,29,30,32,33). The van der Waals surface area contributed by atoms with Gasteiger partial charge in [0.1, 0.15) is 17.3 Å². The topological polar surface area (TPSA) is 98.8 Å². The number of carbonyl (C=O) groups excluding carboxylic acids is 1. The summed E-state index contributed by atoms with van der Waals surface area (Å²) in [5, 5.41) is 6.69. The monoisotopic (exact) mass is 477 g/mol. The lowest BCUT2D eigenvalue weighted by Crippen LogP contribution is -2.48. The average Bonchev–Trinajstić information content (AvgIpc) is 3.18. The number of nitrogens with one attached hydrogen (secondary N) is 3. The molecular formula is C25H25F2N7O. The first-order valence-electron chi connectivity index (χ1n) is 11.4. The van der Waals surface area contributed by atoms with Crippen LogP contribution < -0.4 is 15.5 Å². The quantitative estimate of drug-likeness (QED) is 0.394. The minimum Gasteiger partial charge on any atom is -0.356 e. The van der Waals surface area contributed by atoms with E-state index in [1.165, 1.54) is 6.07 Å². The molecule has 1 saturated heterocycles. The predicted octanol–water partition coefficient (Wildman–Crippen LogP) is 4.41. The highest BCUT2D eigenvalue weighted by Gasteiger charge is 2.20. The Morgan fingerprint density at radius 1 is 1.11 bits per heavy atom. The molecule has 0 radical (unpaired) electrons. The minimum absolute atomic E-state index is 0.0140. The van der Waals surface area contributed by atoms with E-state index in [4.69, 9.17) is 0 Å². The van der Waals surface area contributed by atoms with Crippen molar-refractivity contribution in [1.29, 1.82) is 0 Å². The van der Waals surface area contributed by atoms with Crippen LogP contribution in [-0.2, 0) is 4.79 Å². The van der Waals surface area contributed by atoms with Crippen molar-refractivity contribution >= 4 is 34.3 Å².